The lowest BCUT2D eigenvalue weighted by Gasteiger charge is -2.32. The highest BCUT2D eigenvalue weighted by Crippen LogP contribution is 2.26. The molecule has 9 nitrogen and oxygen atoms in total. The van der Waals surface area contributed by atoms with E-state index in [9.17, 15) is 14.7 Å². The molecule has 0 unspecified atom stereocenters. The highest BCUT2D eigenvalue weighted by atomic mass is 16.4. The Morgan fingerprint density at radius 2 is 1.87 bits per heavy atom. The Morgan fingerprint density at radius 3 is 2.69 bits per heavy atom. The maximum absolute atomic E-state index is 13.0. The van der Waals surface area contributed by atoms with Gasteiger partial charge >= 0.3 is 5.97 Å². The van der Waals surface area contributed by atoms with Gasteiger partial charge in [0, 0.05) is 56.5 Å². The summed E-state index contributed by atoms with van der Waals surface area (Å²) in [6, 6.07) is 14.3. The van der Waals surface area contributed by atoms with Crippen LogP contribution in [0.5, 0.6) is 0 Å². The van der Waals surface area contributed by atoms with Crippen LogP contribution in [0.2, 0.25) is 0 Å². The van der Waals surface area contributed by atoms with Crippen molar-refractivity contribution < 1.29 is 9.90 Å². The first-order valence-corrected chi connectivity index (χ1v) is 13.5. The highest BCUT2D eigenvalue weighted by molar-refractivity contribution is 5.92. The molecule has 0 bridgehead atoms. The van der Waals surface area contributed by atoms with Gasteiger partial charge in [0.1, 0.15) is 5.56 Å². The fraction of sp³-hybridized carbons (Fsp3) is 0.333. The predicted octanol–water partition coefficient (Wildman–Crippen LogP) is 3.50. The second-order valence-electron chi connectivity index (χ2n) is 10.5. The summed E-state index contributed by atoms with van der Waals surface area (Å²) in [5.41, 5.74) is 4.89. The standard InChI is InChI=1S/C30H32N6O3/c1-34-12-14-35(15-13-34)11-10-20-4-2-7-23(16-20)32-30-31-18-25-27(37)26(29(38)39)19-36(28(25)33-30)24-9-8-21-5-3-6-22(21)17-24/h2,4,7-9,16-19H,3,5-6,10-15H2,1H3,(H,38,39)(H,31,32,33). The number of pyridine rings is 1. The summed E-state index contributed by atoms with van der Waals surface area (Å²) >= 11 is 0. The molecule has 39 heavy (non-hydrogen) atoms. The number of aromatic carboxylic acids is 1. The maximum Gasteiger partial charge on any atom is 0.341 e. The Kier molecular flexibility index (Phi) is 6.85. The van der Waals surface area contributed by atoms with E-state index < -0.39 is 11.4 Å². The molecule has 4 aromatic rings. The minimum absolute atomic E-state index is 0.168. The van der Waals surface area contributed by atoms with Crippen LogP contribution in [0, 0.1) is 0 Å². The number of rotatable bonds is 7. The van der Waals surface area contributed by atoms with Gasteiger partial charge in [-0.15, -0.1) is 0 Å². The summed E-state index contributed by atoms with van der Waals surface area (Å²) in [7, 11) is 2.16. The lowest BCUT2D eigenvalue weighted by Crippen LogP contribution is -2.45. The molecule has 6 rings (SSSR count). The van der Waals surface area contributed by atoms with Gasteiger partial charge in [0.25, 0.3) is 0 Å². The number of anilines is 2. The summed E-state index contributed by atoms with van der Waals surface area (Å²) in [5.74, 6) is -0.927. The molecule has 0 saturated carbocycles. The monoisotopic (exact) mass is 524 g/mol. The van der Waals surface area contributed by atoms with Crippen LogP contribution in [0.4, 0.5) is 11.6 Å². The highest BCUT2D eigenvalue weighted by Gasteiger charge is 2.19. The Bertz CT molecular complexity index is 1610. The van der Waals surface area contributed by atoms with Crippen molar-refractivity contribution in [3.63, 3.8) is 0 Å². The molecule has 2 N–H and O–H groups in total. The average Bonchev–Trinajstić information content (AvgIpc) is 3.41. The van der Waals surface area contributed by atoms with E-state index >= 15 is 0 Å². The predicted molar refractivity (Wildman–Crippen MR) is 151 cm³/mol. The summed E-state index contributed by atoms with van der Waals surface area (Å²) in [5, 5.41) is 13.1. The van der Waals surface area contributed by atoms with Crippen molar-refractivity contribution in [2.45, 2.75) is 25.7 Å². The summed E-state index contributed by atoms with van der Waals surface area (Å²) in [6.45, 7) is 5.41. The van der Waals surface area contributed by atoms with E-state index in [0.29, 0.717) is 11.6 Å². The van der Waals surface area contributed by atoms with Gasteiger partial charge in [-0.25, -0.2) is 9.78 Å². The number of piperazine rings is 1. The minimum atomic E-state index is -1.27. The largest absolute Gasteiger partial charge is 0.477 e. The molecule has 3 heterocycles. The second-order valence-corrected chi connectivity index (χ2v) is 10.5. The van der Waals surface area contributed by atoms with Crippen LogP contribution in [0.25, 0.3) is 16.7 Å². The van der Waals surface area contributed by atoms with Crippen molar-refractivity contribution in [2.75, 3.05) is 45.1 Å². The number of hydrogen-bond acceptors (Lipinski definition) is 7. The van der Waals surface area contributed by atoms with Crippen molar-refractivity contribution in [1.82, 2.24) is 24.3 Å². The number of aromatic nitrogens is 3. The van der Waals surface area contributed by atoms with E-state index in [1.54, 1.807) is 4.57 Å². The first-order valence-electron chi connectivity index (χ1n) is 13.5. The molecule has 0 atom stereocenters. The molecule has 0 radical (unpaired) electrons. The van der Waals surface area contributed by atoms with Crippen molar-refractivity contribution in [3.05, 3.63) is 87.3 Å². The number of nitrogens with zero attached hydrogens (tertiary/aromatic N) is 5. The lowest BCUT2D eigenvalue weighted by molar-refractivity contribution is 0.0695. The zero-order valence-electron chi connectivity index (χ0n) is 22.1. The van der Waals surface area contributed by atoms with E-state index in [-0.39, 0.29) is 10.9 Å². The number of carboxylic acids is 1. The SMILES string of the molecule is CN1CCN(CCc2cccc(Nc3ncc4c(=O)c(C(=O)O)cn(-c5ccc6c(c5)CCC6)c4n3)c2)CC1. The third kappa shape index (κ3) is 5.28. The van der Waals surface area contributed by atoms with Gasteiger partial charge in [-0.1, -0.05) is 18.2 Å². The Labute approximate surface area is 226 Å². The molecule has 1 saturated heterocycles. The summed E-state index contributed by atoms with van der Waals surface area (Å²) < 4.78 is 1.69. The maximum atomic E-state index is 13.0. The van der Waals surface area contributed by atoms with Gasteiger partial charge in [0.2, 0.25) is 11.4 Å². The number of carboxylic acid groups (broad SMARTS) is 1. The van der Waals surface area contributed by atoms with Gasteiger partial charge in [-0.3, -0.25) is 4.79 Å². The molecular weight excluding hydrogens is 492 g/mol. The quantitative estimate of drug-likeness (QED) is 0.379. The lowest BCUT2D eigenvalue weighted by atomic mass is 10.1. The number of carbonyl (C=O) groups is 1. The average molecular weight is 525 g/mol. The molecular formula is C30H32N6O3. The third-order valence-corrected chi connectivity index (χ3v) is 7.83. The summed E-state index contributed by atoms with van der Waals surface area (Å²) in [4.78, 5) is 38.8. The van der Waals surface area contributed by atoms with Crippen LogP contribution in [-0.4, -0.2) is 75.2 Å². The molecule has 0 spiro atoms. The van der Waals surface area contributed by atoms with Gasteiger partial charge in [0.15, 0.2) is 5.65 Å². The number of fused-ring (bicyclic) bond motifs is 2. The Hall–Kier alpha value is -4.08. The van der Waals surface area contributed by atoms with E-state index in [1.807, 2.05) is 18.2 Å². The number of nitrogens with one attached hydrogen (secondary N) is 1. The molecule has 0 amide bonds. The van der Waals surface area contributed by atoms with E-state index in [1.165, 1.54) is 29.1 Å². The zero-order valence-corrected chi connectivity index (χ0v) is 22.1. The van der Waals surface area contributed by atoms with Crippen LogP contribution in [0.3, 0.4) is 0 Å². The molecule has 2 aliphatic rings. The third-order valence-electron chi connectivity index (χ3n) is 7.83. The fourth-order valence-electron chi connectivity index (χ4n) is 5.52. The molecule has 2 aromatic carbocycles. The normalized spacial score (nSPS) is 15.9. The number of likely N-dealkylation sites (N-methyl/N-ethyl adjacent to an activating group) is 1. The first-order chi connectivity index (χ1) is 18.9. The van der Waals surface area contributed by atoms with Crippen molar-refractivity contribution >= 4 is 28.6 Å². The van der Waals surface area contributed by atoms with E-state index in [4.69, 9.17) is 4.98 Å². The van der Waals surface area contributed by atoms with Crippen molar-refractivity contribution in [1.29, 1.82) is 0 Å². The molecule has 1 aliphatic carbocycles. The van der Waals surface area contributed by atoms with Gasteiger partial charge < -0.3 is 24.8 Å². The summed E-state index contributed by atoms with van der Waals surface area (Å²) in [6.07, 6.45) is 6.88. The van der Waals surface area contributed by atoms with E-state index in [0.717, 1.165) is 69.8 Å². The fourth-order valence-corrected chi connectivity index (χ4v) is 5.52. The van der Waals surface area contributed by atoms with Crippen LogP contribution >= 0.6 is 0 Å². The van der Waals surface area contributed by atoms with Gasteiger partial charge in [0.05, 0.1) is 5.39 Å². The smallest absolute Gasteiger partial charge is 0.341 e. The number of aryl methyl sites for hydroxylation is 2. The molecule has 1 aliphatic heterocycles. The molecule has 2 aromatic heterocycles. The van der Waals surface area contributed by atoms with Crippen LogP contribution in [0.1, 0.15) is 33.5 Å². The van der Waals surface area contributed by atoms with Crippen LogP contribution in [-0.2, 0) is 19.3 Å². The van der Waals surface area contributed by atoms with Gasteiger partial charge in [-0.2, -0.15) is 4.98 Å². The van der Waals surface area contributed by atoms with Crippen molar-refractivity contribution in [3.8, 4) is 5.69 Å². The topological polar surface area (TPSA) is 104 Å². The zero-order chi connectivity index (χ0) is 26.9. The van der Waals surface area contributed by atoms with E-state index in [2.05, 4.69) is 51.4 Å². The molecule has 200 valence electrons. The number of benzene rings is 2. The van der Waals surface area contributed by atoms with Gasteiger partial charge in [-0.05, 0) is 73.7 Å². The van der Waals surface area contributed by atoms with Crippen LogP contribution in [0.15, 0.2) is 59.7 Å². The molecule has 1 fully saturated rings. The number of hydrogen-bond donors (Lipinski definition) is 2. The Morgan fingerprint density at radius 1 is 1.05 bits per heavy atom. The Balaban J connectivity index is 1.30. The van der Waals surface area contributed by atoms with Crippen LogP contribution < -0.4 is 10.7 Å². The second kappa shape index (κ2) is 10.6. The molecule has 9 heteroatoms. The minimum Gasteiger partial charge on any atom is -0.477 e. The first kappa shape index (κ1) is 25.2. The van der Waals surface area contributed by atoms with Crippen molar-refractivity contribution in [2.24, 2.45) is 0 Å².